The van der Waals surface area contributed by atoms with E-state index in [4.69, 9.17) is 28.4 Å². The molecule has 52 heavy (non-hydrogen) atoms. The predicted molar refractivity (Wildman–Crippen MR) is 195 cm³/mol. The van der Waals surface area contributed by atoms with Crippen molar-refractivity contribution in [3.63, 3.8) is 0 Å². The molecule has 2 heterocycles. The molecule has 0 aromatic heterocycles. The van der Waals surface area contributed by atoms with Gasteiger partial charge in [-0.1, -0.05) is 121 Å². The van der Waals surface area contributed by atoms with Crippen LogP contribution in [0.4, 0.5) is 4.79 Å². The second-order valence-electron chi connectivity index (χ2n) is 12.8. The maximum atomic E-state index is 13.5. The Balaban J connectivity index is 1.40. The smallest absolute Gasteiger partial charge is 0.337 e. The van der Waals surface area contributed by atoms with E-state index in [0.29, 0.717) is 12.3 Å². The van der Waals surface area contributed by atoms with Gasteiger partial charge in [0, 0.05) is 5.70 Å². The van der Waals surface area contributed by atoms with E-state index in [9.17, 15) is 9.59 Å². The molecule has 2 aliphatic heterocycles. The van der Waals surface area contributed by atoms with Gasteiger partial charge in [-0.2, -0.15) is 0 Å². The lowest BCUT2D eigenvalue weighted by molar-refractivity contribution is -0.275. The van der Waals surface area contributed by atoms with Gasteiger partial charge in [-0.05, 0) is 36.1 Å². The second kappa shape index (κ2) is 18.6. The lowest BCUT2D eigenvalue weighted by Crippen LogP contribution is -2.68. The Morgan fingerprint density at radius 1 is 0.654 bits per heavy atom. The van der Waals surface area contributed by atoms with Gasteiger partial charge in [0.25, 0.3) is 0 Å². The molecule has 10 heteroatoms. The zero-order valence-electron chi connectivity index (χ0n) is 29.5. The summed E-state index contributed by atoms with van der Waals surface area (Å²) in [5, 5.41) is 5.68. The van der Waals surface area contributed by atoms with Crippen molar-refractivity contribution in [2.75, 3.05) is 13.2 Å². The zero-order valence-corrected chi connectivity index (χ0v) is 29.5. The van der Waals surface area contributed by atoms with Gasteiger partial charge in [-0.15, -0.1) is 0 Å². The van der Waals surface area contributed by atoms with Crippen LogP contribution >= 0.6 is 0 Å². The molecule has 4 aromatic rings. The lowest BCUT2D eigenvalue weighted by Gasteiger charge is -2.49. The summed E-state index contributed by atoms with van der Waals surface area (Å²) in [6.07, 6.45) is -3.83. The van der Waals surface area contributed by atoms with Crippen LogP contribution in [0.15, 0.2) is 133 Å². The second-order valence-corrected chi connectivity index (χ2v) is 12.8. The number of esters is 1. The summed E-state index contributed by atoms with van der Waals surface area (Å²) in [7, 11) is 0. The Morgan fingerprint density at radius 2 is 1.12 bits per heavy atom. The number of hydrogen-bond donors (Lipinski definition) is 2. The lowest BCUT2D eigenvalue weighted by atomic mass is 9.86. The van der Waals surface area contributed by atoms with Gasteiger partial charge >= 0.3 is 12.0 Å². The molecule has 2 aliphatic rings. The van der Waals surface area contributed by atoms with Crippen LogP contribution in [0.3, 0.4) is 0 Å². The molecule has 6 rings (SSSR count). The van der Waals surface area contributed by atoms with Crippen molar-refractivity contribution >= 4 is 12.0 Å². The monoisotopic (exact) mass is 706 g/mol. The topological polar surface area (TPSA) is 114 Å². The highest BCUT2D eigenvalue weighted by molar-refractivity contribution is 5.94. The maximum absolute atomic E-state index is 13.5. The van der Waals surface area contributed by atoms with Gasteiger partial charge in [0.1, 0.15) is 30.5 Å². The average molecular weight is 707 g/mol. The molecule has 0 spiro atoms. The van der Waals surface area contributed by atoms with E-state index in [2.05, 4.69) is 10.6 Å². The van der Waals surface area contributed by atoms with Crippen molar-refractivity contribution in [1.82, 2.24) is 10.6 Å². The van der Waals surface area contributed by atoms with Crippen LogP contribution in [0, 0.1) is 0 Å². The number of benzene rings is 4. The standard InChI is InChI=1S/C42H46N2O8/c1-3-48-41(45)35-29(2)43-42(46)44-36(35)38-40(51-27-33-22-14-7-15-23-33)39(50-26-32-20-12-6-13-21-32)37(49-25-31-18-10-5-11-19-31)34(52-38)28-47-24-30-16-8-4-9-17-30/h4-23,34,36-40H,3,24-28H2,1-2H3,(H2,43,44,46)/t34-,36?,37+,38+,39+,40+/m1/s1. The molecular formula is C42H46N2O8. The first-order valence-corrected chi connectivity index (χ1v) is 17.7. The average Bonchev–Trinajstić information content (AvgIpc) is 3.17. The summed E-state index contributed by atoms with van der Waals surface area (Å²) in [4.78, 5) is 26.6. The highest BCUT2D eigenvalue weighted by atomic mass is 16.6. The molecule has 2 amide bonds. The van der Waals surface area contributed by atoms with E-state index < -0.39 is 48.6 Å². The van der Waals surface area contributed by atoms with E-state index in [-0.39, 0.29) is 38.6 Å². The van der Waals surface area contributed by atoms with Crippen LogP contribution in [0.2, 0.25) is 0 Å². The number of hydrogen-bond acceptors (Lipinski definition) is 8. The summed E-state index contributed by atoms with van der Waals surface area (Å²) in [5.74, 6) is -0.566. The first-order chi connectivity index (χ1) is 25.5. The van der Waals surface area contributed by atoms with Gasteiger partial charge in [0.05, 0.1) is 51.3 Å². The number of allylic oxidation sites excluding steroid dienone is 1. The molecule has 0 radical (unpaired) electrons. The van der Waals surface area contributed by atoms with Crippen LogP contribution in [0.1, 0.15) is 36.1 Å². The van der Waals surface area contributed by atoms with E-state index >= 15 is 0 Å². The third-order valence-electron chi connectivity index (χ3n) is 9.05. The fourth-order valence-corrected chi connectivity index (χ4v) is 6.55. The molecule has 1 unspecified atom stereocenters. The van der Waals surface area contributed by atoms with Crippen LogP contribution < -0.4 is 10.6 Å². The SMILES string of the molecule is CCOC(=O)C1=C(C)NC(=O)NC1[C@@H]1O[C@H](COCc2ccccc2)[C@H](OCc2ccccc2)[C@H](OCc2ccccc2)[C@H]1OCc1ccccc1. The van der Waals surface area contributed by atoms with Crippen molar-refractivity contribution < 1.29 is 38.0 Å². The number of ether oxygens (including phenoxy) is 6. The third-order valence-corrected chi connectivity index (χ3v) is 9.05. The number of urea groups is 1. The highest BCUT2D eigenvalue weighted by Crippen LogP contribution is 2.35. The molecule has 6 atom stereocenters. The molecule has 4 aromatic carbocycles. The largest absolute Gasteiger partial charge is 0.463 e. The molecule has 1 saturated heterocycles. The number of amides is 2. The van der Waals surface area contributed by atoms with E-state index in [1.54, 1.807) is 13.8 Å². The van der Waals surface area contributed by atoms with Gasteiger partial charge in [-0.3, -0.25) is 0 Å². The summed E-state index contributed by atoms with van der Waals surface area (Å²) >= 11 is 0. The quantitative estimate of drug-likeness (QED) is 0.132. The van der Waals surface area contributed by atoms with Crippen LogP contribution in [-0.2, 0) is 59.6 Å². The summed E-state index contributed by atoms with van der Waals surface area (Å²) in [6.45, 7) is 4.80. The van der Waals surface area contributed by atoms with Crippen molar-refractivity contribution in [2.24, 2.45) is 0 Å². The highest BCUT2D eigenvalue weighted by Gasteiger charge is 2.53. The van der Waals surface area contributed by atoms with Gasteiger partial charge in [-0.25, -0.2) is 9.59 Å². The van der Waals surface area contributed by atoms with Gasteiger partial charge in [0.2, 0.25) is 0 Å². The zero-order chi connectivity index (χ0) is 36.1. The number of nitrogens with one attached hydrogen (secondary N) is 2. The molecule has 1 fully saturated rings. The Kier molecular flexibility index (Phi) is 13.2. The molecule has 0 saturated carbocycles. The Bertz CT molecular complexity index is 1740. The van der Waals surface area contributed by atoms with E-state index in [0.717, 1.165) is 22.3 Å². The minimum absolute atomic E-state index is 0.137. The number of carbonyl (C=O) groups is 2. The fraction of sp³-hybridized carbons (Fsp3) is 0.333. The molecule has 272 valence electrons. The minimum atomic E-state index is -0.942. The molecule has 2 N–H and O–H groups in total. The van der Waals surface area contributed by atoms with Gasteiger partial charge in [0.15, 0.2) is 0 Å². The van der Waals surface area contributed by atoms with Crippen LogP contribution in [0.25, 0.3) is 0 Å². The maximum Gasteiger partial charge on any atom is 0.337 e. The molecule has 0 bridgehead atoms. The predicted octanol–water partition coefficient (Wildman–Crippen LogP) is 6.25. The normalized spacial score (nSPS) is 23.1. The summed E-state index contributed by atoms with van der Waals surface area (Å²) < 4.78 is 39.1. The number of rotatable bonds is 16. The Hall–Kier alpha value is -4.84. The summed E-state index contributed by atoms with van der Waals surface area (Å²) in [6, 6.07) is 38.0. The third kappa shape index (κ3) is 9.73. The van der Waals surface area contributed by atoms with Crippen molar-refractivity contribution in [3.8, 4) is 0 Å². The van der Waals surface area contributed by atoms with Crippen molar-refractivity contribution in [3.05, 3.63) is 155 Å². The first kappa shape index (κ1) is 36.9. The molecular weight excluding hydrogens is 660 g/mol. The Morgan fingerprint density at radius 3 is 1.62 bits per heavy atom. The van der Waals surface area contributed by atoms with Crippen molar-refractivity contribution in [1.29, 1.82) is 0 Å². The fourth-order valence-electron chi connectivity index (χ4n) is 6.55. The number of carbonyl (C=O) groups excluding carboxylic acids is 2. The molecule has 0 aliphatic carbocycles. The van der Waals surface area contributed by atoms with Crippen LogP contribution in [-0.4, -0.2) is 61.8 Å². The first-order valence-electron chi connectivity index (χ1n) is 17.7. The van der Waals surface area contributed by atoms with Crippen molar-refractivity contribution in [2.45, 2.75) is 76.8 Å². The van der Waals surface area contributed by atoms with Gasteiger partial charge < -0.3 is 39.1 Å². The minimum Gasteiger partial charge on any atom is -0.463 e. The summed E-state index contributed by atoms with van der Waals surface area (Å²) in [5.41, 5.74) is 4.50. The molecule has 10 nitrogen and oxygen atoms in total. The Labute approximate surface area is 305 Å². The van der Waals surface area contributed by atoms with E-state index in [1.807, 2.05) is 121 Å². The van der Waals surface area contributed by atoms with Crippen LogP contribution in [0.5, 0.6) is 0 Å². The van der Waals surface area contributed by atoms with E-state index in [1.165, 1.54) is 0 Å².